The van der Waals surface area contributed by atoms with Crippen molar-refractivity contribution in [3.8, 4) is 5.75 Å². The van der Waals surface area contributed by atoms with Crippen LogP contribution in [0.5, 0.6) is 5.75 Å². The normalized spacial score (nSPS) is 14.8. The monoisotopic (exact) mass is 477 g/mol. The molecule has 0 aliphatic carbocycles. The van der Waals surface area contributed by atoms with Gasteiger partial charge in [-0.25, -0.2) is 13.2 Å². The summed E-state index contributed by atoms with van der Waals surface area (Å²) in [6.07, 6.45) is 5.11. The number of aryl methyl sites for hydroxylation is 1. The van der Waals surface area contributed by atoms with Gasteiger partial charge in [0.15, 0.2) is 6.61 Å². The van der Waals surface area contributed by atoms with Gasteiger partial charge in [0.25, 0.3) is 11.8 Å². The fourth-order valence-corrected chi connectivity index (χ4v) is 5.26. The Morgan fingerprint density at radius 1 is 1.06 bits per heavy atom. The van der Waals surface area contributed by atoms with Crippen molar-refractivity contribution in [2.24, 2.45) is 7.05 Å². The van der Waals surface area contributed by atoms with Crippen LogP contribution < -0.4 is 10.1 Å². The molecule has 1 saturated heterocycles. The molecule has 33 heavy (non-hydrogen) atoms. The second-order valence-corrected chi connectivity index (χ2v) is 9.55. The van der Waals surface area contributed by atoms with Crippen LogP contribution >= 0.6 is 0 Å². The second kappa shape index (κ2) is 10.6. The Balaban J connectivity index is 1.70. The highest BCUT2D eigenvalue weighted by Crippen LogP contribution is 2.29. The summed E-state index contributed by atoms with van der Waals surface area (Å²) in [7, 11) is -0.883. The number of aromatic nitrogens is 1. The molecule has 0 atom stereocenters. The van der Waals surface area contributed by atoms with Crippen LogP contribution in [0.25, 0.3) is 0 Å². The van der Waals surface area contributed by atoms with Gasteiger partial charge in [0.2, 0.25) is 10.0 Å². The van der Waals surface area contributed by atoms with Crippen LogP contribution in [-0.4, -0.2) is 61.9 Å². The van der Waals surface area contributed by atoms with E-state index < -0.39 is 34.4 Å². The van der Waals surface area contributed by atoms with Gasteiger partial charge in [-0.3, -0.25) is 14.9 Å². The van der Waals surface area contributed by atoms with Crippen LogP contribution in [0.15, 0.2) is 41.4 Å². The maximum absolute atomic E-state index is 13.2. The average molecular weight is 478 g/mol. The third kappa shape index (κ3) is 5.79. The molecule has 1 aliphatic heterocycles. The Kier molecular flexibility index (Phi) is 7.88. The number of carbonyl (C=O) groups excluding carboxylic acids is 3. The number of sulfonamides is 1. The molecule has 2 amide bonds. The number of rotatable bonds is 7. The summed E-state index contributed by atoms with van der Waals surface area (Å²) in [5.74, 6) is -2.22. The minimum Gasteiger partial charge on any atom is -0.495 e. The molecule has 0 spiro atoms. The summed E-state index contributed by atoms with van der Waals surface area (Å²) in [5.41, 5.74) is 0.221. The number of nitrogens with zero attached hydrogens (tertiary/aromatic N) is 2. The molecule has 0 radical (unpaired) electrons. The van der Waals surface area contributed by atoms with E-state index in [1.165, 1.54) is 40.2 Å². The van der Waals surface area contributed by atoms with Crippen molar-refractivity contribution in [3.05, 3.63) is 47.8 Å². The lowest BCUT2D eigenvalue weighted by Gasteiger charge is -2.21. The summed E-state index contributed by atoms with van der Waals surface area (Å²) in [6.45, 7) is 0.0975. The van der Waals surface area contributed by atoms with E-state index in [2.05, 4.69) is 5.32 Å². The first-order valence-electron chi connectivity index (χ1n) is 10.5. The molecule has 11 heteroatoms. The van der Waals surface area contributed by atoms with Gasteiger partial charge in [-0.15, -0.1) is 0 Å². The van der Waals surface area contributed by atoms with Crippen molar-refractivity contribution in [3.63, 3.8) is 0 Å². The Morgan fingerprint density at radius 2 is 1.76 bits per heavy atom. The van der Waals surface area contributed by atoms with Crippen LogP contribution in [0.1, 0.15) is 46.5 Å². The lowest BCUT2D eigenvalue weighted by atomic mass is 10.2. The van der Waals surface area contributed by atoms with Crippen molar-refractivity contribution in [2.45, 2.75) is 30.6 Å². The SMILES string of the molecule is COc1ccc(C(=O)OCC(=O)NC(=O)c2cccn2C)cc1S(=O)(=O)N1CCCCCC1. The Hall–Kier alpha value is -3.18. The van der Waals surface area contributed by atoms with E-state index in [1.54, 1.807) is 19.3 Å². The lowest BCUT2D eigenvalue weighted by molar-refractivity contribution is -0.123. The van der Waals surface area contributed by atoms with Gasteiger partial charge in [-0.1, -0.05) is 12.8 Å². The zero-order valence-electron chi connectivity index (χ0n) is 18.6. The number of nitrogens with one attached hydrogen (secondary N) is 1. The Bertz CT molecular complexity index is 1130. The predicted octanol–water partition coefficient (Wildman–Crippen LogP) is 1.71. The molecule has 0 unspecified atom stereocenters. The molecular formula is C22H27N3O7S. The van der Waals surface area contributed by atoms with Crippen molar-refractivity contribution in [1.29, 1.82) is 0 Å². The molecule has 1 aromatic carbocycles. The summed E-state index contributed by atoms with van der Waals surface area (Å²) < 4.78 is 39.6. The van der Waals surface area contributed by atoms with Gasteiger partial charge < -0.3 is 14.0 Å². The molecule has 1 N–H and O–H groups in total. The van der Waals surface area contributed by atoms with E-state index in [9.17, 15) is 22.8 Å². The van der Waals surface area contributed by atoms with Crippen LogP contribution in [0.3, 0.4) is 0 Å². The minimum atomic E-state index is -3.89. The van der Waals surface area contributed by atoms with Crippen LogP contribution in [0.2, 0.25) is 0 Å². The molecule has 2 heterocycles. The topological polar surface area (TPSA) is 124 Å². The van der Waals surface area contributed by atoms with E-state index in [1.807, 2.05) is 0 Å². The first-order chi connectivity index (χ1) is 15.7. The van der Waals surface area contributed by atoms with Gasteiger partial charge in [0.1, 0.15) is 16.3 Å². The zero-order chi connectivity index (χ0) is 24.0. The predicted molar refractivity (Wildman–Crippen MR) is 118 cm³/mol. The summed E-state index contributed by atoms with van der Waals surface area (Å²) in [6, 6.07) is 7.11. The third-order valence-electron chi connectivity index (χ3n) is 5.35. The maximum Gasteiger partial charge on any atom is 0.338 e. The number of methoxy groups -OCH3 is 1. The minimum absolute atomic E-state index is 0.0502. The van der Waals surface area contributed by atoms with Crippen molar-refractivity contribution in [1.82, 2.24) is 14.2 Å². The molecule has 3 rings (SSSR count). The Morgan fingerprint density at radius 3 is 2.36 bits per heavy atom. The Labute approximate surface area is 192 Å². The van der Waals surface area contributed by atoms with Gasteiger partial charge in [-0.05, 0) is 43.2 Å². The molecule has 1 aromatic heterocycles. The second-order valence-electron chi connectivity index (χ2n) is 7.64. The van der Waals surface area contributed by atoms with Crippen LogP contribution in [-0.2, 0) is 26.6 Å². The molecule has 178 valence electrons. The van der Waals surface area contributed by atoms with E-state index in [-0.39, 0.29) is 21.9 Å². The van der Waals surface area contributed by atoms with Crippen molar-refractivity contribution < 1.29 is 32.3 Å². The fraction of sp³-hybridized carbons (Fsp3) is 0.409. The summed E-state index contributed by atoms with van der Waals surface area (Å²) >= 11 is 0. The van der Waals surface area contributed by atoms with E-state index >= 15 is 0 Å². The number of imide groups is 1. The summed E-state index contributed by atoms with van der Waals surface area (Å²) in [4.78, 5) is 36.4. The number of carbonyl (C=O) groups is 3. The quantitative estimate of drug-likeness (QED) is 0.602. The number of ether oxygens (including phenoxy) is 2. The fourth-order valence-electron chi connectivity index (χ4n) is 3.56. The summed E-state index contributed by atoms with van der Waals surface area (Å²) in [5, 5.41) is 2.13. The standard InChI is InChI=1S/C22H27N3O7S/c1-24-11-7-8-17(24)21(27)23-20(26)15-32-22(28)16-9-10-18(31-2)19(14-16)33(29,30)25-12-5-3-4-6-13-25/h7-11,14H,3-6,12-13,15H2,1-2H3,(H,23,26,27). The maximum atomic E-state index is 13.2. The molecule has 1 fully saturated rings. The first kappa shape index (κ1) is 24.5. The van der Waals surface area contributed by atoms with Crippen molar-refractivity contribution in [2.75, 3.05) is 26.8 Å². The average Bonchev–Trinajstić information content (AvgIpc) is 3.05. The van der Waals surface area contributed by atoms with E-state index in [0.29, 0.717) is 13.1 Å². The molecule has 1 aliphatic rings. The van der Waals surface area contributed by atoms with Gasteiger partial charge >= 0.3 is 5.97 Å². The van der Waals surface area contributed by atoms with Crippen molar-refractivity contribution >= 4 is 27.8 Å². The number of esters is 1. The first-order valence-corrected chi connectivity index (χ1v) is 12.0. The van der Waals surface area contributed by atoms with Crippen LogP contribution in [0, 0.1) is 0 Å². The molecular weight excluding hydrogens is 450 g/mol. The largest absolute Gasteiger partial charge is 0.495 e. The van der Waals surface area contributed by atoms with Crippen LogP contribution in [0.4, 0.5) is 0 Å². The smallest absolute Gasteiger partial charge is 0.338 e. The zero-order valence-corrected chi connectivity index (χ0v) is 19.4. The van der Waals surface area contributed by atoms with Gasteiger partial charge in [-0.2, -0.15) is 4.31 Å². The molecule has 10 nitrogen and oxygen atoms in total. The number of benzene rings is 1. The number of hydrogen-bond donors (Lipinski definition) is 1. The number of hydrogen-bond acceptors (Lipinski definition) is 7. The highest BCUT2D eigenvalue weighted by Gasteiger charge is 2.29. The van der Waals surface area contributed by atoms with E-state index in [0.717, 1.165) is 25.7 Å². The highest BCUT2D eigenvalue weighted by molar-refractivity contribution is 7.89. The molecule has 0 bridgehead atoms. The molecule has 0 saturated carbocycles. The number of amides is 2. The molecule has 2 aromatic rings. The van der Waals surface area contributed by atoms with Gasteiger partial charge in [0.05, 0.1) is 12.7 Å². The third-order valence-corrected chi connectivity index (χ3v) is 7.27. The highest BCUT2D eigenvalue weighted by atomic mass is 32.2. The van der Waals surface area contributed by atoms with E-state index in [4.69, 9.17) is 9.47 Å². The lowest BCUT2D eigenvalue weighted by Crippen LogP contribution is -2.35. The van der Waals surface area contributed by atoms with Gasteiger partial charge in [0, 0.05) is 26.3 Å².